The number of anilines is 2. The minimum atomic E-state index is 0.536. The third-order valence-corrected chi connectivity index (χ3v) is 5.31. The van der Waals surface area contributed by atoms with Crippen molar-refractivity contribution in [1.29, 1.82) is 0 Å². The summed E-state index contributed by atoms with van der Waals surface area (Å²) in [6, 6.07) is 19.1. The highest BCUT2D eigenvalue weighted by atomic mass is 32.1. The van der Waals surface area contributed by atoms with Crippen molar-refractivity contribution in [3.05, 3.63) is 71.2 Å². The van der Waals surface area contributed by atoms with Crippen molar-refractivity contribution in [2.45, 2.75) is 26.7 Å². The molecule has 0 spiro atoms. The molecule has 0 saturated carbocycles. The topological polar surface area (TPSA) is 29.3 Å². The van der Waals surface area contributed by atoms with Gasteiger partial charge < -0.3 is 5.32 Å². The van der Waals surface area contributed by atoms with Gasteiger partial charge in [0.15, 0.2) is 0 Å². The summed E-state index contributed by atoms with van der Waals surface area (Å²) in [5, 5.41) is 5.69. The molecule has 0 radical (unpaired) electrons. The van der Waals surface area contributed by atoms with Crippen LogP contribution >= 0.6 is 11.3 Å². The van der Waals surface area contributed by atoms with Crippen LogP contribution in [-0.2, 0) is 0 Å². The molecule has 4 rings (SSSR count). The molecule has 3 nitrogen and oxygen atoms in total. The predicted molar refractivity (Wildman–Crippen MR) is 107 cm³/mol. The van der Waals surface area contributed by atoms with Gasteiger partial charge in [0.25, 0.3) is 0 Å². The Labute approximate surface area is 152 Å². The summed E-state index contributed by atoms with van der Waals surface area (Å²) in [6.45, 7) is 6.54. The summed E-state index contributed by atoms with van der Waals surface area (Å²) in [5.74, 6) is 1.56. The molecule has 25 heavy (non-hydrogen) atoms. The Morgan fingerprint density at radius 3 is 2.48 bits per heavy atom. The summed E-state index contributed by atoms with van der Waals surface area (Å²) < 4.78 is 2.19. The first-order valence-corrected chi connectivity index (χ1v) is 9.40. The SMILES string of the molecule is Cc1cccc2nc(-c3cccs3)c(Nc3ccc(C(C)C)cc3)n12. The lowest BCUT2D eigenvalue weighted by Crippen LogP contribution is -1.99. The van der Waals surface area contributed by atoms with Crippen molar-refractivity contribution in [2.75, 3.05) is 5.32 Å². The van der Waals surface area contributed by atoms with Gasteiger partial charge in [0.1, 0.15) is 17.2 Å². The zero-order valence-electron chi connectivity index (χ0n) is 14.7. The van der Waals surface area contributed by atoms with E-state index in [0.717, 1.165) is 28.5 Å². The lowest BCUT2D eigenvalue weighted by atomic mass is 10.0. The van der Waals surface area contributed by atoms with Crippen LogP contribution in [0.2, 0.25) is 0 Å². The van der Waals surface area contributed by atoms with Crippen molar-refractivity contribution in [3.8, 4) is 10.6 Å². The van der Waals surface area contributed by atoms with E-state index in [-0.39, 0.29) is 0 Å². The highest BCUT2D eigenvalue weighted by Crippen LogP contribution is 2.34. The molecular weight excluding hydrogens is 326 g/mol. The lowest BCUT2D eigenvalue weighted by molar-refractivity contribution is 0.867. The minimum absolute atomic E-state index is 0.536. The van der Waals surface area contributed by atoms with Gasteiger partial charge in [-0.05, 0) is 54.1 Å². The normalized spacial score (nSPS) is 11.4. The molecule has 1 N–H and O–H groups in total. The summed E-state index contributed by atoms with van der Waals surface area (Å²) >= 11 is 1.71. The number of nitrogens with zero attached hydrogens (tertiary/aromatic N) is 2. The van der Waals surface area contributed by atoms with Crippen molar-refractivity contribution >= 4 is 28.5 Å². The van der Waals surface area contributed by atoms with Crippen LogP contribution in [-0.4, -0.2) is 9.38 Å². The fourth-order valence-electron chi connectivity index (χ4n) is 3.04. The number of fused-ring (bicyclic) bond motifs is 1. The van der Waals surface area contributed by atoms with Crippen molar-refractivity contribution in [1.82, 2.24) is 9.38 Å². The molecular formula is C21H21N3S. The maximum atomic E-state index is 4.87. The van der Waals surface area contributed by atoms with E-state index in [9.17, 15) is 0 Å². The van der Waals surface area contributed by atoms with Crippen LogP contribution < -0.4 is 5.32 Å². The van der Waals surface area contributed by atoms with Crippen LogP contribution in [0.5, 0.6) is 0 Å². The second-order valence-corrected chi connectivity index (χ2v) is 7.50. The van der Waals surface area contributed by atoms with Gasteiger partial charge in [-0.1, -0.05) is 38.1 Å². The number of rotatable bonds is 4. The van der Waals surface area contributed by atoms with E-state index in [1.807, 2.05) is 0 Å². The first kappa shape index (κ1) is 15.9. The van der Waals surface area contributed by atoms with Gasteiger partial charge in [0.2, 0.25) is 0 Å². The molecule has 126 valence electrons. The lowest BCUT2D eigenvalue weighted by Gasteiger charge is -2.11. The fraction of sp³-hybridized carbons (Fsp3) is 0.190. The second-order valence-electron chi connectivity index (χ2n) is 6.55. The van der Waals surface area contributed by atoms with Gasteiger partial charge in [0, 0.05) is 11.4 Å². The Bertz CT molecular complexity index is 996. The van der Waals surface area contributed by atoms with Crippen LogP contribution in [0.1, 0.15) is 31.0 Å². The van der Waals surface area contributed by atoms with Crippen LogP contribution in [0.25, 0.3) is 16.2 Å². The second kappa shape index (κ2) is 6.37. The molecule has 0 aliphatic rings. The Morgan fingerprint density at radius 2 is 1.80 bits per heavy atom. The zero-order chi connectivity index (χ0) is 17.4. The molecule has 4 aromatic rings. The van der Waals surface area contributed by atoms with Crippen LogP contribution in [0.3, 0.4) is 0 Å². The maximum Gasteiger partial charge on any atom is 0.144 e. The largest absolute Gasteiger partial charge is 0.339 e. The van der Waals surface area contributed by atoms with E-state index in [4.69, 9.17) is 4.98 Å². The zero-order valence-corrected chi connectivity index (χ0v) is 15.5. The minimum Gasteiger partial charge on any atom is -0.339 e. The molecule has 3 aromatic heterocycles. The quantitative estimate of drug-likeness (QED) is 0.473. The molecule has 3 heterocycles. The van der Waals surface area contributed by atoms with Gasteiger partial charge in [0.05, 0.1) is 4.88 Å². The molecule has 0 aliphatic heterocycles. The number of imidazole rings is 1. The van der Waals surface area contributed by atoms with Gasteiger partial charge in [-0.2, -0.15) is 0 Å². The monoisotopic (exact) mass is 347 g/mol. The number of aromatic nitrogens is 2. The summed E-state index contributed by atoms with van der Waals surface area (Å²) in [5.41, 5.74) is 5.54. The number of nitrogens with one attached hydrogen (secondary N) is 1. The van der Waals surface area contributed by atoms with E-state index in [1.165, 1.54) is 10.4 Å². The summed E-state index contributed by atoms with van der Waals surface area (Å²) in [7, 11) is 0. The smallest absolute Gasteiger partial charge is 0.144 e. The standard InChI is InChI=1S/C21H21N3S/c1-14(2)16-9-11-17(12-10-16)22-21-20(18-7-5-13-25-18)23-19-8-4-6-15(3)24(19)21/h4-14,22H,1-3H3. The van der Waals surface area contributed by atoms with Crippen LogP contribution in [0.15, 0.2) is 60.0 Å². The molecule has 0 saturated heterocycles. The molecule has 0 fully saturated rings. The van der Waals surface area contributed by atoms with E-state index < -0.39 is 0 Å². The fourth-order valence-corrected chi connectivity index (χ4v) is 3.76. The first-order chi connectivity index (χ1) is 12.1. The van der Waals surface area contributed by atoms with Crippen LogP contribution in [0.4, 0.5) is 11.5 Å². The van der Waals surface area contributed by atoms with Gasteiger partial charge in [-0.15, -0.1) is 11.3 Å². The molecule has 4 heteroatoms. The average Bonchev–Trinajstić information content (AvgIpc) is 3.24. The molecule has 1 aromatic carbocycles. The first-order valence-electron chi connectivity index (χ1n) is 8.52. The number of pyridine rings is 1. The van der Waals surface area contributed by atoms with Crippen molar-refractivity contribution in [3.63, 3.8) is 0 Å². The van der Waals surface area contributed by atoms with E-state index >= 15 is 0 Å². The summed E-state index contributed by atoms with van der Waals surface area (Å²) in [4.78, 5) is 6.04. The highest BCUT2D eigenvalue weighted by molar-refractivity contribution is 7.13. The highest BCUT2D eigenvalue weighted by Gasteiger charge is 2.16. The Hall–Kier alpha value is -2.59. The van der Waals surface area contributed by atoms with Crippen LogP contribution in [0, 0.1) is 6.92 Å². The number of hydrogen-bond acceptors (Lipinski definition) is 3. The number of aryl methyl sites for hydroxylation is 1. The number of hydrogen-bond donors (Lipinski definition) is 1. The third-order valence-electron chi connectivity index (χ3n) is 4.43. The molecule has 0 bridgehead atoms. The predicted octanol–water partition coefficient (Wildman–Crippen LogP) is 6.24. The average molecular weight is 347 g/mol. The Balaban J connectivity index is 1.83. The van der Waals surface area contributed by atoms with Crippen molar-refractivity contribution < 1.29 is 0 Å². The molecule has 0 amide bonds. The third kappa shape index (κ3) is 2.94. The number of benzene rings is 1. The van der Waals surface area contributed by atoms with Gasteiger partial charge >= 0.3 is 0 Å². The maximum absolute atomic E-state index is 4.87. The number of thiophene rings is 1. The van der Waals surface area contributed by atoms with Gasteiger partial charge in [-0.25, -0.2) is 4.98 Å². The van der Waals surface area contributed by atoms with E-state index in [1.54, 1.807) is 11.3 Å². The summed E-state index contributed by atoms with van der Waals surface area (Å²) in [6.07, 6.45) is 0. The molecule has 0 aliphatic carbocycles. The molecule has 0 atom stereocenters. The Kier molecular flexibility index (Phi) is 4.06. The Morgan fingerprint density at radius 1 is 1.00 bits per heavy atom. The van der Waals surface area contributed by atoms with E-state index in [2.05, 4.69) is 90.5 Å². The van der Waals surface area contributed by atoms with E-state index in [0.29, 0.717) is 5.92 Å². The van der Waals surface area contributed by atoms with Gasteiger partial charge in [-0.3, -0.25) is 4.40 Å². The van der Waals surface area contributed by atoms with Crippen molar-refractivity contribution in [2.24, 2.45) is 0 Å². The molecule has 0 unspecified atom stereocenters.